The summed E-state index contributed by atoms with van der Waals surface area (Å²) in [5, 5.41) is 3.91. The highest BCUT2D eigenvalue weighted by Gasteiger charge is 2.30. The summed E-state index contributed by atoms with van der Waals surface area (Å²) >= 11 is 7.29. The van der Waals surface area contributed by atoms with Gasteiger partial charge >= 0.3 is 0 Å². The normalized spacial score (nSPS) is 19.8. The number of nitrogens with zero attached hydrogens (tertiary/aromatic N) is 2. The van der Waals surface area contributed by atoms with E-state index < -0.39 is 0 Å². The summed E-state index contributed by atoms with van der Waals surface area (Å²) in [6.45, 7) is 0. The number of aromatic nitrogens is 1. The number of rotatable bonds is 3. The Morgan fingerprint density at radius 2 is 2.05 bits per heavy atom. The second kappa shape index (κ2) is 6.28. The lowest BCUT2D eigenvalue weighted by atomic mass is 10.1. The summed E-state index contributed by atoms with van der Waals surface area (Å²) in [4.78, 5) is 20.4. The number of amides is 1. The summed E-state index contributed by atoms with van der Waals surface area (Å²) in [7, 11) is 0. The van der Waals surface area contributed by atoms with E-state index in [2.05, 4.69) is 15.3 Å². The largest absolute Gasteiger partial charge is 0.304 e. The standard InChI is InChI=1S/C15H12ClN3OS/c16-11-6-4-10(5-7-11)9-12-14(20)19-15(21-12)18-13-3-1-2-8-17-13/h1-8,12H,9H2,(H,17,18,19,20)/t12-/m0/s1. The summed E-state index contributed by atoms with van der Waals surface area (Å²) in [5.41, 5.74) is 1.08. The van der Waals surface area contributed by atoms with Crippen LogP contribution in [-0.2, 0) is 11.2 Å². The Balaban J connectivity index is 1.70. The van der Waals surface area contributed by atoms with Crippen molar-refractivity contribution in [3.8, 4) is 0 Å². The average molecular weight is 318 g/mol. The van der Waals surface area contributed by atoms with Crippen LogP contribution in [0.3, 0.4) is 0 Å². The molecule has 2 aromatic rings. The highest BCUT2D eigenvalue weighted by atomic mass is 35.5. The lowest BCUT2D eigenvalue weighted by molar-refractivity contribution is -0.118. The molecule has 0 unspecified atom stereocenters. The molecule has 1 atom stereocenters. The number of nitrogens with one attached hydrogen (secondary N) is 1. The molecule has 0 aliphatic carbocycles. The molecule has 1 amide bonds. The number of thioether (sulfide) groups is 1. The summed E-state index contributed by atoms with van der Waals surface area (Å²) < 4.78 is 0. The lowest BCUT2D eigenvalue weighted by Gasteiger charge is -2.05. The first-order chi connectivity index (χ1) is 10.2. The Morgan fingerprint density at radius 3 is 2.76 bits per heavy atom. The SMILES string of the molecule is O=C1N/C(=N\c2ccccn2)S[C@H]1Cc1ccc(Cl)cc1. The number of hydrogen-bond donors (Lipinski definition) is 1. The van der Waals surface area contributed by atoms with Gasteiger partial charge in [-0.1, -0.05) is 41.6 Å². The predicted octanol–water partition coefficient (Wildman–Crippen LogP) is 3.20. The van der Waals surface area contributed by atoms with Gasteiger partial charge in [-0.05, 0) is 36.2 Å². The Bertz CT molecular complexity index is 673. The molecule has 0 spiro atoms. The minimum Gasteiger partial charge on any atom is -0.304 e. The van der Waals surface area contributed by atoms with Crippen molar-refractivity contribution < 1.29 is 4.79 Å². The van der Waals surface area contributed by atoms with Crippen LogP contribution in [0.25, 0.3) is 0 Å². The van der Waals surface area contributed by atoms with Gasteiger partial charge < -0.3 is 5.32 Å². The fourth-order valence-electron chi connectivity index (χ4n) is 1.95. The monoisotopic (exact) mass is 317 g/mol. The Kier molecular flexibility index (Phi) is 4.22. The molecule has 4 nitrogen and oxygen atoms in total. The van der Waals surface area contributed by atoms with Crippen molar-refractivity contribution in [2.75, 3.05) is 0 Å². The van der Waals surface area contributed by atoms with Crippen LogP contribution in [0.1, 0.15) is 5.56 Å². The molecular formula is C15H12ClN3OS. The molecule has 1 saturated heterocycles. The molecule has 1 N–H and O–H groups in total. The quantitative estimate of drug-likeness (QED) is 0.946. The number of hydrogen-bond acceptors (Lipinski definition) is 4. The first-order valence-electron chi connectivity index (χ1n) is 6.42. The Morgan fingerprint density at radius 1 is 1.24 bits per heavy atom. The number of benzene rings is 1. The van der Waals surface area contributed by atoms with E-state index in [1.807, 2.05) is 36.4 Å². The maximum absolute atomic E-state index is 12.0. The molecule has 2 heterocycles. The summed E-state index contributed by atoms with van der Waals surface area (Å²) in [5.74, 6) is 0.567. The van der Waals surface area contributed by atoms with E-state index in [0.29, 0.717) is 22.4 Å². The molecule has 106 valence electrons. The van der Waals surface area contributed by atoms with Gasteiger partial charge in [-0.15, -0.1) is 0 Å². The number of halogens is 1. The summed E-state index contributed by atoms with van der Waals surface area (Å²) in [6.07, 6.45) is 2.32. The number of amidine groups is 1. The fraction of sp³-hybridized carbons (Fsp3) is 0.133. The van der Waals surface area contributed by atoms with Crippen LogP contribution in [0.4, 0.5) is 5.82 Å². The van der Waals surface area contributed by atoms with E-state index in [-0.39, 0.29) is 11.2 Å². The van der Waals surface area contributed by atoms with Crippen LogP contribution in [0.5, 0.6) is 0 Å². The molecule has 0 bridgehead atoms. The van der Waals surface area contributed by atoms with Crippen molar-refractivity contribution in [1.29, 1.82) is 0 Å². The molecule has 6 heteroatoms. The molecule has 1 aliphatic rings. The van der Waals surface area contributed by atoms with Crippen molar-refractivity contribution in [3.05, 3.63) is 59.2 Å². The molecule has 21 heavy (non-hydrogen) atoms. The predicted molar refractivity (Wildman–Crippen MR) is 86.0 cm³/mol. The van der Waals surface area contributed by atoms with Gasteiger partial charge in [0.05, 0.1) is 5.25 Å². The Hall–Kier alpha value is -1.85. The first kappa shape index (κ1) is 14.1. The molecule has 0 radical (unpaired) electrons. The van der Waals surface area contributed by atoms with Crippen molar-refractivity contribution in [2.24, 2.45) is 4.99 Å². The smallest absolute Gasteiger partial charge is 0.239 e. The molecule has 0 saturated carbocycles. The zero-order chi connectivity index (χ0) is 14.7. The van der Waals surface area contributed by atoms with Crippen LogP contribution in [0.2, 0.25) is 5.02 Å². The van der Waals surface area contributed by atoms with Crippen LogP contribution in [-0.4, -0.2) is 21.3 Å². The van der Waals surface area contributed by atoms with Gasteiger partial charge in [-0.3, -0.25) is 4.79 Å². The van der Waals surface area contributed by atoms with E-state index in [9.17, 15) is 4.79 Å². The molecule has 3 rings (SSSR count). The van der Waals surface area contributed by atoms with Gasteiger partial charge in [0, 0.05) is 11.2 Å². The Labute approximate surface area is 131 Å². The zero-order valence-electron chi connectivity index (χ0n) is 11.0. The second-order valence-corrected chi connectivity index (χ2v) is 6.16. The topological polar surface area (TPSA) is 54.4 Å². The van der Waals surface area contributed by atoms with Crippen LogP contribution < -0.4 is 5.32 Å². The number of carbonyl (C=O) groups is 1. The van der Waals surface area contributed by atoms with E-state index >= 15 is 0 Å². The highest BCUT2D eigenvalue weighted by molar-refractivity contribution is 8.15. The van der Waals surface area contributed by atoms with Crippen LogP contribution in [0, 0.1) is 0 Å². The zero-order valence-corrected chi connectivity index (χ0v) is 12.6. The van der Waals surface area contributed by atoms with Gasteiger partial charge in [0.15, 0.2) is 11.0 Å². The van der Waals surface area contributed by atoms with Gasteiger partial charge in [-0.25, -0.2) is 9.98 Å². The maximum atomic E-state index is 12.0. The number of pyridine rings is 1. The average Bonchev–Trinajstić information content (AvgIpc) is 2.82. The molecule has 1 aromatic heterocycles. The second-order valence-electron chi connectivity index (χ2n) is 4.53. The van der Waals surface area contributed by atoms with E-state index in [1.54, 1.807) is 12.3 Å². The minimum absolute atomic E-state index is 0.0235. The molecular weight excluding hydrogens is 306 g/mol. The maximum Gasteiger partial charge on any atom is 0.239 e. The molecule has 1 aliphatic heterocycles. The fourth-order valence-corrected chi connectivity index (χ4v) is 3.09. The number of carbonyl (C=O) groups excluding carboxylic acids is 1. The van der Waals surface area contributed by atoms with E-state index in [0.717, 1.165) is 5.56 Å². The van der Waals surface area contributed by atoms with Gasteiger partial charge in [-0.2, -0.15) is 0 Å². The summed E-state index contributed by atoms with van der Waals surface area (Å²) in [6, 6.07) is 13.0. The van der Waals surface area contributed by atoms with Gasteiger partial charge in [0.25, 0.3) is 0 Å². The third kappa shape index (κ3) is 3.62. The van der Waals surface area contributed by atoms with Crippen molar-refractivity contribution in [3.63, 3.8) is 0 Å². The van der Waals surface area contributed by atoms with Crippen LogP contribution in [0.15, 0.2) is 53.7 Å². The minimum atomic E-state index is -0.173. The van der Waals surface area contributed by atoms with Crippen LogP contribution >= 0.6 is 23.4 Å². The van der Waals surface area contributed by atoms with Crippen molar-refractivity contribution >= 4 is 40.3 Å². The van der Waals surface area contributed by atoms with E-state index in [1.165, 1.54) is 11.8 Å². The third-order valence-electron chi connectivity index (χ3n) is 2.98. The third-order valence-corrected chi connectivity index (χ3v) is 4.31. The van der Waals surface area contributed by atoms with Gasteiger partial charge in [0.1, 0.15) is 0 Å². The highest BCUT2D eigenvalue weighted by Crippen LogP contribution is 2.25. The first-order valence-corrected chi connectivity index (χ1v) is 7.68. The van der Waals surface area contributed by atoms with Gasteiger partial charge in [0.2, 0.25) is 5.91 Å². The van der Waals surface area contributed by atoms with E-state index in [4.69, 9.17) is 11.6 Å². The number of aliphatic imine (C=N–C) groups is 1. The molecule has 1 fully saturated rings. The van der Waals surface area contributed by atoms with Crippen molar-refractivity contribution in [2.45, 2.75) is 11.7 Å². The molecule has 1 aromatic carbocycles. The lowest BCUT2D eigenvalue weighted by Crippen LogP contribution is -2.25. The van der Waals surface area contributed by atoms with Crippen molar-refractivity contribution in [1.82, 2.24) is 10.3 Å².